The van der Waals surface area contributed by atoms with Gasteiger partial charge >= 0.3 is 0 Å². The molecule has 0 aliphatic carbocycles. The highest BCUT2D eigenvalue weighted by molar-refractivity contribution is 6.17. The van der Waals surface area contributed by atoms with Crippen LogP contribution in [0.4, 0.5) is 34.1 Å². The quantitative estimate of drug-likeness (QED) is 0.145. The summed E-state index contributed by atoms with van der Waals surface area (Å²) >= 11 is 5.95. The predicted molar refractivity (Wildman–Crippen MR) is 199 cm³/mol. The van der Waals surface area contributed by atoms with Crippen LogP contribution >= 0.6 is 11.6 Å². The molecule has 0 bridgehead atoms. The van der Waals surface area contributed by atoms with E-state index in [1.807, 2.05) is 24.3 Å². The Kier molecular flexibility index (Phi) is 8.25. The number of aryl methyl sites for hydroxylation is 2. The first kappa shape index (κ1) is 30.2. The maximum absolute atomic E-state index is 6.55. The lowest BCUT2D eigenvalue weighted by Gasteiger charge is -2.34. The van der Waals surface area contributed by atoms with Crippen molar-refractivity contribution >= 4 is 45.7 Å². The molecule has 6 aromatic carbocycles. The van der Waals surface area contributed by atoms with E-state index in [9.17, 15) is 0 Å². The second-order valence-corrected chi connectivity index (χ2v) is 12.8. The van der Waals surface area contributed by atoms with Crippen LogP contribution in [0.3, 0.4) is 0 Å². The van der Waals surface area contributed by atoms with Crippen LogP contribution in [0.25, 0.3) is 11.1 Å². The second-order valence-electron chi connectivity index (χ2n) is 12.4. The van der Waals surface area contributed by atoms with Crippen molar-refractivity contribution in [3.8, 4) is 34.1 Å². The van der Waals surface area contributed by atoms with Crippen LogP contribution in [0.1, 0.15) is 37.3 Å². The summed E-state index contributed by atoms with van der Waals surface area (Å²) in [7, 11) is 0. The summed E-state index contributed by atoms with van der Waals surface area (Å²) in [5.74, 6) is 3.97. The van der Waals surface area contributed by atoms with E-state index in [2.05, 4.69) is 126 Å². The van der Waals surface area contributed by atoms with Crippen molar-refractivity contribution in [2.24, 2.45) is 0 Å². The van der Waals surface area contributed by atoms with Crippen LogP contribution in [-0.2, 0) is 12.8 Å². The van der Waals surface area contributed by atoms with Gasteiger partial charge in [-0.15, -0.1) is 11.6 Å². The van der Waals surface area contributed by atoms with Gasteiger partial charge in [-0.1, -0.05) is 74.0 Å². The Labute approximate surface area is 287 Å². The Hall–Kier alpha value is -5.19. The summed E-state index contributed by atoms with van der Waals surface area (Å²) in [5.41, 5.74) is 11.1. The van der Waals surface area contributed by atoms with Gasteiger partial charge in [0.15, 0.2) is 23.0 Å². The van der Waals surface area contributed by atoms with E-state index in [4.69, 9.17) is 21.1 Å². The molecule has 0 aromatic heterocycles. The van der Waals surface area contributed by atoms with Crippen LogP contribution in [0.2, 0.25) is 0 Å². The van der Waals surface area contributed by atoms with Gasteiger partial charge in [-0.05, 0) is 121 Å². The van der Waals surface area contributed by atoms with E-state index in [-0.39, 0.29) is 0 Å². The van der Waals surface area contributed by atoms with Crippen molar-refractivity contribution in [1.82, 2.24) is 0 Å². The molecule has 0 spiro atoms. The van der Waals surface area contributed by atoms with Crippen LogP contribution in [-0.4, -0.2) is 5.88 Å². The zero-order valence-electron chi connectivity index (χ0n) is 27.0. The Morgan fingerprint density at radius 3 is 1.38 bits per heavy atom. The SMILES string of the molecule is CCCCc1ccc(N2c3ccccc3Oc3cc(-c4ccc5c(c4)Oc4ccccc4N5c4ccc(CCCCl)cc4)ccc32)cc1. The fourth-order valence-electron chi connectivity index (χ4n) is 6.70. The van der Waals surface area contributed by atoms with Crippen LogP contribution in [0.5, 0.6) is 23.0 Å². The van der Waals surface area contributed by atoms with Gasteiger partial charge in [0.1, 0.15) is 0 Å². The smallest absolute Gasteiger partial charge is 0.152 e. The van der Waals surface area contributed by atoms with E-state index in [1.54, 1.807) is 0 Å². The van der Waals surface area contributed by atoms with Crippen LogP contribution < -0.4 is 19.3 Å². The molecule has 5 heteroatoms. The predicted octanol–water partition coefficient (Wildman–Crippen LogP) is 13.0. The monoisotopic (exact) mass is 648 g/mol. The van der Waals surface area contributed by atoms with Crippen LogP contribution in [0.15, 0.2) is 133 Å². The van der Waals surface area contributed by atoms with Gasteiger partial charge in [0.2, 0.25) is 0 Å². The Balaban J connectivity index is 1.15. The third-order valence-electron chi connectivity index (χ3n) is 9.19. The topological polar surface area (TPSA) is 24.9 Å². The molecule has 2 heterocycles. The number of hydrogen-bond donors (Lipinski definition) is 0. The number of fused-ring (bicyclic) bond motifs is 4. The Bertz CT molecular complexity index is 1920. The molecule has 0 N–H and O–H groups in total. The number of ether oxygens (including phenoxy) is 2. The average molecular weight is 649 g/mol. The average Bonchev–Trinajstić information content (AvgIpc) is 3.14. The largest absolute Gasteiger partial charge is 0.453 e. The molecule has 6 aromatic rings. The Morgan fingerprint density at radius 2 is 0.917 bits per heavy atom. The molecule has 0 amide bonds. The molecular formula is C43H37ClN2O2. The molecular weight excluding hydrogens is 612 g/mol. The summed E-state index contributed by atoms with van der Waals surface area (Å²) in [6.07, 6.45) is 5.44. The normalized spacial score (nSPS) is 12.7. The minimum Gasteiger partial charge on any atom is -0.453 e. The number of halogens is 1. The van der Waals surface area contributed by atoms with Gasteiger partial charge in [0.05, 0.1) is 22.7 Å². The lowest BCUT2D eigenvalue weighted by molar-refractivity contribution is 0.476. The highest BCUT2D eigenvalue weighted by Gasteiger charge is 2.28. The standard InChI is InChI=1S/C43H37ClN2O2/c1-2-3-9-30-15-21-34(22-16-30)45-36-11-4-6-13-40(36)47-42-28-32(19-25-38(42)45)33-20-26-39-43(29-33)48-41-14-7-5-12-37(41)46(39)35-23-17-31(18-24-35)10-8-27-44/h4-7,11-26,28-29H,2-3,8-10,27H2,1H3. The van der Waals surface area contributed by atoms with Gasteiger partial charge < -0.3 is 19.3 Å². The Morgan fingerprint density at radius 1 is 0.479 bits per heavy atom. The van der Waals surface area contributed by atoms with Gasteiger partial charge in [-0.3, -0.25) is 0 Å². The third-order valence-corrected chi connectivity index (χ3v) is 9.46. The van der Waals surface area contributed by atoms with Crippen LogP contribution in [0, 0.1) is 0 Å². The molecule has 2 aliphatic rings. The first-order valence-electron chi connectivity index (χ1n) is 16.9. The van der Waals surface area contributed by atoms with Crippen molar-refractivity contribution in [2.75, 3.05) is 15.7 Å². The van der Waals surface area contributed by atoms with Crippen molar-refractivity contribution in [3.05, 3.63) is 145 Å². The van der Waals surface area contributed by atoms with Crippen molar-refractivity contribution in [3.63, 3.8) is 0 Å². The summed E-state index contributed by atoms with van der Waals surface area (Å²) in [6.45, 7) is 2.24. The number of benzene rings is 6. The minimum absolute atomic E-state index is 0.670. The third kappa shape index (κ3) is 5.67. The van der Waals surface area contributed by atoms with E-state index >= 15 is 0 Å². The molecule has 0 unspecified atom stereocenters. The molecule has 0 fully saturated rings. The van der Waals surface area contributed by atoms with E-state index in [0.29, 0.717) is 5.88 Å². The van der Waals surface area contributed by atoms with Crippen molar-refractivity contribution in [1.29, 1.82) is 0 Å². The molecule has 2 aliphatic heterocycles. The fourth-order valence-corrected chi connectivity index (χ4v) is 6.84. The van der Waals surface area contributed by atoms with E-state index < -0.39 is 0 Å². The molecule has 238 valence electrons. The number of para-hydroxylation sites is 4. The molecule has 0 saturated heterocycles. The first-order valence-corrected chi connectivity index (χ1v) is 17.4. The summed E-state index contributed by atoms with van der Waals surface area (Å²) in [4.78, 5) is 4.58. The summed E-state index contributed by atoms with van der Waals surface area (Å²) in [6, 6.07) is 47.1. The lowest BCUT2D eigenvalue weighted by Crippen LogP contribution is -2.16. The number of anilines is 6. The molecule has 8 rings (SSSR count). The number of rotatable bonds is 9. The minimum atomic E-state index is 0.670. The highest BCUT2D eigenvalue weighted by atomic mass is 35.5. The maximum atomic E-state index is 6.55. The zero-order chi connectivity index (χ0) is 32.5. The number of hydrogen-bond acceptors (Lipinski definition) is 4. The van der Waals surface area contributed by atoms with Gasteiger partial charge in [0.25, 0.3) is 0 Å². The second kappa shape index (κ2) is 13.1. The fraction of sp³-hybridized carbons (Fsp3) is 0.163. The van der Waals surface area contributed by atoms with Crippen molar-refractivity contribution < 1.29 is 9.47 Å². The summed E-state index contributed by atoms with van der Waals surface area (Å²) in [5, 5.41) is 0. The number of unbranched alkanes of at least 4 members (excludes halogenated alkanes) is 1. The molecule has 48 heavy (non-hydrogen) atoms. The zero-order valence-corrected chi connectivity index (χ0v) is 27.8. The van der Waals surface area contributed by atoms with Gasteiger partial charge in [0, 0.05) is 17.3 Å². The van der Waals surface area contributed by atoms with Gasteiger partial charge in [-0.25, -0.2) is 0 Å². The molecule has 0 saturated carbocycles. The molecule has 0 radical (unpaired) electrons. The number of alkyl halides is 1. The molecule has 4 nitrogen and oxygen atoms in total. The molecule has 0 atom stereocenters. The first-order chi connectivity index (χ1) is 23.7. The van der Waals surface area contributed by atoms with E-state index in [0.717, 1.165) is 87.5 Å². The number of nitrogens with zero attached hydrogens (tertiary/aromatic N) is 2. The lowest BCUT2D eigenvalue weighted by atomic mass is 10.0. The van der Waals surface area contributed by atoms with E-state index in [1.165, 1.54) is 24.0 Å². The van der Waals surface area contributed by atoms with Crippen molar-refractivity contribution in [2.45, 2.75) is 39.0 Å². The van der Waals surface area contributed by atoms with Gasteiger partial charge in [-0.2, -0.15) is 0 Å². The summed E-state index contributed by atoms with van der Waals surface area (Å²) < 4.78 is 13.1. The maximum Gasteiger partial charge on any atom is 0.152 e. The highest BCUT2D eigenvalue weighted by Crippen LogP contribution is 2.53.